The summed E-state index contributed by atoms with van der Waals surface area (Å²) in [6.45, 7) is 3.62. The maximum absolute atomic E-state index is 13.3. The lowest BCUT2D eigenvalue weighted by molar-refractivity contribution is -0.121. The smallest absolute Gasteiger partial charge is 0.224 e. The van der Waals surface area contributed by atoms with Gasteiger partial charge in [-0.15, -0.1) is 0 Å². The standard InChI is InChI=1S/C16H20FNO/c1-2-12-8-13(10-14(17)9-12)11-16(19)18-15-6-4-3-5-7-15/h2,8-10,15H,1,3-7,11H2,(H,18,19). The van der Waals surface area contributed by atoms with Gasteiger partial charge < -0.3 is 5.32 Å². The van der Waals surface area contributed by atoms with Crippen LogP contribution >= 0.6 is 0 Å². The molecule has 0 saturated heterocycles. The highest BCUT2D eigenvalue weighted by Gasteiger charge is 2.15. The molecule has 1 aliphatic rings. The van der Waals surface area contributed by atoms with Crippen molar-refractivity contribution < 1.29 is 9.18 Å². The van der Waals surface area contributed by atoms with Crippen LogP contribution in [0, 0.1) is 5.82 Å². The molecule has 1 aliphatic carbocycles. The summed E-state index contributed by atoms with van der Waals surface area (Å²) in [4.78, 5) is 11.9. The third kappa shape index (κ3) is 4.19. The first-order valence-electron chi connectivity index (χ1n) is 6.88. The van der Waals surface area contributed by atoms with Crippen molar-refractivity contribution in [3.05, 3.63) is 41.7 Å². The average Bonchev–Trinajstić information content (AvgIpc) is 2.38. The topological polar surface area (TPSA) is 29.1 Å². The van der Waals surface area contributed by atoms with Crippen LogP contribution in [0.3, 0.4) is 0 Å². The van der Waals surface area contributed by atoms with Gasteiger partial charge in [-0.2, -0.15) is 0 Å². The summed E-state index contributed by atoms with van der Waals surface area (Å²) in [6.07, 6.45) is 7.58. The van der Waals surface area contributed by atoms with E-state index in [-0.39, 0.29) is 18.1 Å². The maximum atomic E-state index is 13.3. The molecule has 1 fully saturated rings. The van der Waals surface area contributed by atoms with Crippen molar-refractivity contribution in [3.8, 4) is 0 Å². The molecule has 0 atom stereocenters. The van der Waals surface area contributed by atoms with Gasteiger partial charge in [0, 0.05) is 6.04 Å². The molecule has 19 heavy (non-hydrogen) atoms. The van der Waals surface area contributed by atoms with E-state index in [1.54, 1.807) is 12.1 Å². The highest BCUT2D eigenvalue weighted by molar-refractivity contribution is 5.79. The molecule has 0 bridgehead atoms. The Bertz CT molecular complexity index is 464. The van der Waals surface area contributed by atoms with Gasteiger partial charge in [0.1, 0.15) is 5.82 Å². The Balaban J connectivity index is 1.94. The van der Waals surface area contributed by atoms with Gasteiger partial charge in [-0.25, -0.2) is 4.39 Å². The molecule has 0 spiro atoms. The number of rotatable bonds is 4. The van der Waals surface area contributed by atoms with Crippen LogP contribution in [0.5, 0.6) is 0 Å². The van der Waals surface area contributed by atoms with Crippen molar-refractivity contribution >= 4 is 12.0 Å². The Morgan fingerprint density at radius 1 is 1.32 bits per heavy atom. The largest absolute Gasteiger partial charge is 0.353 e. The van der Waals surface area contributed by atoms with Crippen molar-refractivity contribution in [1.29, 1.82) is 0 Å². The number of hydrogen-bond acceptors (Lipinski definition) is 1. The second kappa shape index (κ2) is 6.50. The van der Waals surface area contributed by atoms with Gasteiger partial charge in [-0.3, -0.25) is 4.79 Å². The van der Waals surface area contributed by atoms with E-state index >= 15 is 0 Å². The minimum atomic E-state index is -0.321. The van der Waals surface area contributed by atoms with Crippen molar-refractivity contribution in [2.45, 2.75) is 44.6 Å². The lowest BCUT2D eigenvalue weighted by Gasteiger charge is -2.22. The van der Waals surface area contributed by atoms with Crippen LogP contribution in [-0.4, -0.2) is 11.9 Å². The number of benzene rings is 1. The monoisotopic (exact) mass is 261 g/mol. The minimum Gasteiger partial charge on any atom is -0.353 e. The number of hydrogen-bond donors (Lipinski definition) is 1. The van der Waals surface area contributed by atoms with Gasteiger partial charge in [-0.05, 0) is 36.1 Å². The van der Waals surface area contributed by atoms with Gasteiger partial charge in [0.2, 0.25) is 5.91 Å². The molecule has 3 heteroatoms. The molecule has 1 saturated carbocycles. The molecule has 0 radical (unpaired) electrons. The van der Waals surface area contributed by atoms with E-state index in [0.29, 0.717) is 17.2 Å². The SMILES string of the molecule is C=Cc1cc(F)cc(CC(=O)NC2CCCCC2)c1. The first-order chi connectivity index (χ1) is 9.17. The summed E-state index contributed by atoms with van der Waals surface area (Å²) in [5, 5.41) is 3.04. The molecule has 0 aliphatic heterocycles. The number of carbonyl (C=O) groups is 1. The zero-order chi connectivity index (χ0) is 13.7. The minimum absolute atomic E-state index is 0.0208. The third-order valence-corrected chi connectivity index (χ3v) is 3.55. The normalized spacial score (nSPS) is 16.1. The van der Waals surface area contributed by atoms with Crippen LogP contribution in [0.2, 0.25) is 0 Å². The Labute approximate surface area is 113 Å². The molecule has 102 valence electrons. The second-order valence-corrected chi connectivity index (χ2v) is 5.18. The van der Waals surface area contributed by atoms with Crippen molar-refractivity contribution in [2.75, 3.05) is 0 Å². The third-order valence-electron chi connectivity index (χ3n) is 3.55. The molecule has 0 aromatic heterocycles. The quantitative estimate of drug-likeness (QED) is 0.883. The summed E-state index contributed by atoms with van der Waals surface area (Å²) in [7, 11) is 0. The van der Waals surface area contributed by atoms with E-state index in [4.69, 9.17) is 0 Å². The van der Waals surface area contributed by atoms with Crippen molar-refractivity contribution in [3.63, 3.8) is 0 Å². The van der Waals surface area contributed by atoms with Gasteiger partial charge in [0.05, 0.1) is 6.42 Å². The van der Waals surface area contributed by atoms with Gasteiger partial charge in [-0.1, -0.05) is 38.0 Å². The average molecular weight is 261 g/mol. The fourth-order valence-corrected chi connectivity index (χ4v) is 2.61. The lowest BCUT2D eigenvalue weighted by Crippen LogP contribution is -2.37. The van der Waals surface area contributed by atoms with Crippen LogP contribution < -0.4 is 5.32 Å². The fraction of sp³-hybridized carbons (Fsp3) is 0.438. The number of amides is 1. The maximum Gasteiger partial charge on any atom is 0.224 e. The number of nitrogens with one attached hydrogen (secondary N) is 1. The Kier molecular flexibility index (Phi) is 4.72. The van der Waals surface area contributed by atoms with Crippen LogP contribution in [0.25, 0.3) is 6.08 Å². The van der Waals surface area contributed by atoms with E-state index in [9.17, 15) is 9.18 Å². The molecular formula is C16H20FNO. The number of carbonyl (C=O) groups excluding carboxylic acids is 1. The zero-order valence-corrected chi connectivity index (χ0v) is 11.1. The van der Waals surface area contributed by atoms with Crippen LogP contribution in [0.4, 0.5) is 4.39 Å². The lowest BCUT2D eigenvalue weighted by atomic mass is 9.95. The molecular weight excluding hydrogens is 241 g/mol. The summed E-state index contributed by atoms with van der Waals surface area (Å²) in [5.74, 6) is -0.342. The molecule has 1 N–H and O–H groups in total. The fourth-order valence-electron chi connectivity index (χ4n) is 2.61. The highest BCUT2D eigenvalue weighted by atomic mass is 19.1. The van der Waals surface area contributed by atoms with Gasteiger partial charge in [0.15, 0.2) is 0 Å². The highest BCUT2D eigenvalue weighted by Crippen LogP contribution is 2.17. The molecule has 1 amide bonds. The molecule has 0 heterocycles. The van der Waals surface area contributed by atoms with Crippen LogP contribution in [-0.2, 0) is 11.2 Å². The number of halogens is 1. The molecule has 2 nitrogen and oxygen atoms in total. The van der Waals surface area contributed by atoms with E-state index in [2.05, 4.69) is 11.9 Å². The molecule has 2 rings (SSSR count). The Hall–Kier alpha value is -1.64. The summed E-state index contributed by atoms with van der Waals surface area (Å²) < 4.78 is 13.3. The first kappa shape index (κ1) is 13.8. The predicted molar refractivity (Wildman–Crippen MR) is 75.2 cm³/mol. The van der Waals surface area contributed by atoms with Crippen molar-refractivity contribution in [2.24, 2.45) is 0 Å². The Morgan fingerprint density at radius 3 is 2.74 bits per heavy atom. The molecule has 1 aromatic carbocycles. The predicted octanol–water partition coefficient (Wildman–Crippen LogP) is 3.46. The summed E-state index contributed by atoms with van der Waals surface area (Å²) >= 11 is 0. The van der Waals surface area contributed by atoms with Crippen LogP contribution in [0.1, 0.15) is 43.2 Å². The van der Waals surface area contributed by atoms with E-state index in [1.165, 1.54) is 31.4 Å². The zero-order valence-electron chi connectivity index (χ0n) is 11.1. The van der Waals surface area contributed by atoms with Crippen molar-refractivity contribution in [1.82, 2.24) is 5.32 Å². The van der Waals surface area contributed by atoms with E-state index < -0.39 is 0 Å². The summed E-state index contributed by atoms with van der Waals surface area (Å²) in [6, 6.07) is 4.92. The Morgan fingerprint density at radius 2 is 2.05 bits per heavy atom. The second-order valence-electron chi connectivity index (χ2n) is 5.18. The van der Waals surface area contributed by atoms with Crippen LogP contribution in [0.15, 0.2) is 24.8 Å². The van der Waals surface area contributed by atoms with Gasteiger partial charge >= 0.3 is 0 Å². The van der Waals surface area contributed by atoms with E-state index in [0.717, 1.165) is 12.8 Å². The molecule has 0 unspecified atom stereocenters. The molecule has 1 aromatic rings. The van der Waals surface area contributed by atoms with E-state index in [1.807, 2.05) is 0 Å². The summed E-state index contributed by atoms with van der Waals surface area (Å²) in [5.41, 5.74) is 1.41. The first-order valence-corrected chi connectivity index (χ1v) is 6.88. The van der Waals surface area contributed by atoms with Gasteiger partial charge in [0.25, 0.3) is 0 Å².